The van der Waals surface area contributed by atoms with Crippen LogP contribution in [0.2, 0.25) is 0 Å². The Hall–Kier alpha value is -0.0800. The van der Waals surface area contributed by atoms with Gasteiger partial charge in [0.1, 0.15) is 0 Å². The average molecular weight is 160 g/mol. The third-order valence-corrected chi connectivity index (χ3v) is 2.49. The van der Waals surface area contributed by atoms with E-state index in [0.717, 1.165) is 0 Å². The molecule has 0 rings (SSSR count). The van der Waals surface area contributed by atoms with E-state index >= 15 is 0 Å². The van der Waals surface area contributed by atoms with E-state index in [1.807, 2.05) is 34.6 Å². The fourth-order valence-corrected chi connectivity index (χ4v) is 1.29. The maximum atomic E-state index is 9.98. The molecule has 0 fully saturated rings. The molecule has 2 nitrogen and oxygen atoms in total. The highest BCUT2D eigenvalue weighted by Crippen LogP contribution is 2.35. The summed E-state index contributed by atoms with van der Waals surface area (Å²) in [7, 11) is 0. The second-order valence-electron chi connectivity index (χ2n) is 4.49. The van der Waals surface area contributed by atoms with Crippen LogP contribution in [0.1, 0.15) is 34.6 Å². The van der Waals surface area contributed by atoms with Crippen LogP contribution in [0.5, 0.6) is 0 Å². The zero-order chi connectivity index (χ0) is 9.28. The average Bonchev–Trinajstić information content (AvgIpc) is 1.83. The number of aliphatic hydroxyl groups is 2. The van der Waals surface area contributed by atoms with E-state index in [0.29, 0.717) is 0 Å². The first-order valence-corrected chi connectivity index (χ1v) is 4.09. The van der Waals surface area contributed by atoms with Gasteiger partial charge in [0.25, 0.3) is 0 Å². The van der Waals surface area contributed by atoms with E-state index in [2.05, 4.69) is 0 Å². The van der Waals surface area contributed by atoms with Crippen molar-refractivity contribution in [2.24, 2.45) is 11.3 Å². The van der Waals surface area contributed by atoms with Crippen molar-refractivity contribution < 1.29 is 10.2 Å². The van der Waals surface area contributed by atoms with Crippen LogP contribution in [0.4, 0.5) is 0 Å². The van der Waals surface area contributed by atoms with E-state index in [1.54, 1.807) is 0 Å². The lowest BCUT2D eigenvalue weighted by atomic mass is 9.70. The minimum absolute atomic E-state index is 0.0764. The Labute approximate surface area is 69.2 Å². The normalized spacial score (nSPS) is 18.5. The molecule has 2 N–H and O–H groups in total. The topological polar surface area (TPSA) is 40.5 Å². The summed E-state index contributed by atoms with van der Waals surface area (Å²) in [5, 5.41) is 19.0. The molecule has 0 bridgehead atoms. The zero-order valence-electron chi connectivity index (χ0n) is 8.18. The number of hydrogen-bond donors (Lipinski definition) is 2. The van der Waals surface area contributed by atoms with Gasteiger partial charge in [0.15, 0.2) is 0 Å². The Kier molecular flexibility index (Phi) is 3.09. The van der Waals surface area contributed by atoms with E-state index in [4.69, 9.17) is 5.11 Å². The fourth-order valence-electron chi connectivity index (χ4n) is 1.29. The summed E-state index contributed by atoms with van der Waals surface area (Å²) >= 11 is 0. The molecule has 0 saturated carbocycles. The van der Waals surface area contributed by atoms with Gasteiger partial charge >= 0.3 is 0 Å². The highest BCUT2D eigenvalue weighted by Gasteiger charge is 2.41. The minimum Gasteiger partial charge on any atom is -0.393 e. The van der Waals surface area contributed by atoms with Gasteiger partial charge < -0.3 is 10.2 Å². The van der Waals surface area contributed by atoms with Crippen LogP contribution in [-0.4, -0.2) is 22.4 Å². The molecule has 0 aromatic carbocycles. The van der Waals surface area contributed by atoms with Gasteiger partial charge in [0.05, 0.1) is 12.2 Å². The Balaban J connectivity index is 4.61. The molecule has 1 atom stereocenters. The second-order valence-corrected chi connectivity index (χ2v) is 4.49. The predicted molar refractivity (Wildman–Crippen MR) is 46.3 cm³/mol. The molecule has 0 spiro atoms. The minimum atomic E-state index is -0.965. The van der Waals surface area contributed by atoms with E-state index in [9.17, 15) is 5.11 Å². The van der Waals surface area contributed by atoms with E-state index in [-0.39, 0.29) is 17.9 Å². The molecule has 0 aliphatic heterocycles. The molecular weight excluding hydrogens is 140 g/mol. The lowest BCUT2D eigenvalue weighted by molar-refractivity contribution is -0.126. The van der Waals surface area contributed by atoms with Crippen LogP contribution in [-0.2, 0) is 0 Å². The summed E-state index contributed by atoms with van der Waals surface area (Å²) in [4.78, 5) is 0. The highest BCUT2D eigenvalue weighted by molar-refractivity contribution is 4.92. The lowest BCUT2D eigenvalue weighted by Crippen LogP contribution is -2.50. The predicted octanol–water partition coefficient (Wildman–Crippen LogP) is 1.41. The van der Waals surface area contributed by atoms with Gasteiger partial charge in [-0.1, -0.05) is 34.6 Å². The fraction of sp³-hybridized carbons (Fsp3) is 1.00. The molecule has 0 aromatic heterocycles. The van der Waals surface area contributed by atoms with Crippen LogP contribution in [0.15, 0.2) is 0 Å². The third-order valence-electron chi connectivity index (χ3n) is 2.49. The standard InChI is InChI=1S/C9H20O2/c1-7(2)9(11,6-10)8(3,4)5/h7,10-11H,6H2,1-5H3/t9-/m1/s1. The second kappa shape index (κ2) is 3.11. The van der Waals surface area contributed by atoms with Crippen LogP contribution in [0.25, 0.3) is 0 Å². The molecule has 0 aromatic rings. The van der Waals surface area contributed by atoms with Crippen molar-refractivity contribution >= 4 is 0 Å². The Morgan fingerprint density at radius 3 is 1.55 bits per heavy atom. The molecule has 0 aliphatic rings. The van der Waals surface area contributed by atoms with Crippen LogP contribution >= 0.6 is 0 Å². The maximum Gasteiger partial charge on any atom is 0.0947 e. The van der Waals surface area contributed by atoms with Gasteiger partial charge in [-0.3, -0.25) is 0 Å². The lowest BCUT2D eigenvalue weighted by Gasteiger charge is -2.42. The van der Waals surface area contributed by atoms with Gasteiger partial charge in [-0.25, -0.2) is 0 Å². The third kappa shape index (κ3) is 1.94. The molecular formula is C9H20O2. The summed E-state index contributed by atoms with van der Waals surface area (Å²) in [6.07, 6.45) is 0. The van der Waals surface area contributed by atoms with Crippen LogP contribution in [0, 0.1) is 11.3 Å². The SMILES string of the molecule is CC(C)[C@](O)(CO)C(C)(C)C. The first-order valence-electron chi connectivity index (χ1n) is 4.09. The van der Waals surface area contributed by atoms with Gasteiger partial charge in [-0.05, 0) is 11.3 Å². The van der Waals surface area contributed by atoms with Crippen molar-refractivity contribution in [1.29, 1.82) is 0 Å². The van der Waals surface area contributed by atoms with Gasteiger partial charge in [0.2, 0.25) is 0 Å². The van der Waals surface area contributed by atoms with Gasteiger partial charge in [-0.2, -0.15) is 0 Å². The smallest absolute Gasteiger partial charge is 0.0947 e. The van der Waals surface area contributed by atoms with E-state index in [1.165, 1.54) is 0 Å². The molecule has 0 heterocycles. The Morgan fingerprint density at radius 2 is 1.55 bits per heavy atom. The molecule has 0 radical (unpaired) electrons. The number of rotatable bonds is 2. The largest absolute Gasteiger partial charge is 0.393 e. The monoisotopic (exact) mass is 160 g/mol. The summed E-state index contributed by atoms with van der Waals surface area (Å²) in [6, 6.07) is 0. The molecule has 0 aliphatic carbocycles. The Morgan fingerprint density at radius 1 is 1.18 bits per heavy atom. The molecule has 68 valence electrons. The molecule has 0 saturated heterocycles. The molecule has 11 heavy (non-hydrogen) atoms. The maximum absolute atomic E-state index is 9.98. The van der Waals surface area contributed by atoms with Crippen molar-refractivity contribution in [2.75, 3.05) is 6.61 Å². The van der Waals surface area contributed by atoms with Crippen LogP contribution < -0.4 is 0 Å². The summed E-state index contributed by atoms with van der Waals surface area (Å²) < 4.78 is 0. The molecule has 0 unspecified atom stereocenters. The summed E-state index contributed by atoms with van der Waals surface area (Å²) in [5.41, 5.74) is -1.23. The van der Waals surface area contributed by atoms with Crippen molar-refractivity contribution in [1.82, 2.24) is 0 Å². The zero-order valence-corrected chi connectivity index (χ0v) is 8.18. The van der Waals surface area contributed by atoms with Crippen molar-refractivity contribution in [3.63, 3.8) is 0 Å². The summed E-state index contributed by atoms with van der Waals surface area (Å²) in [6.45, 7) is 9.47. The van der Waals surface area contributed by atoms with Crippen LogP contribution in [0.3, 0.4) is 0 Å². The number of aliphatic hydroxyl groups excluding tert-OH is 1. The van der Waals surface area contributed by atoms with Crippen molar-refractivity contribution in [3.05, 3.63) is 0 Å². The molecule has 0 amide bonds. The highest BCUT2D eigenvalue weighted by atomic mass is 16.3. The van der Waals surface area contributed by atoms with Crippen molar-refractivity contribution in [2.45, 2.75) is 40.2 Å². The number of hydrogen-bond acceptors (Lipinski definition) is 2. The van der Waals surface area contributed by atoms with Gasteiger partial charge in [-0.15, -0.1) is 0 Å². The molecule has 2 heteroatoms. The van der Waals surface area contributed by atoms with Gasteiger partial charge in [0, 0.05) is 0 Å². The quantitative estimate of drug-likeness (QED) is 0.641. The Bertz CT molecular complexity index is 124. The summed E-state index contributed by atoms with van der Waals surface area (Å²) in [5.74, 6) is 0.0764. The van der Waals surface area contributed by atoms with E-state index < -0.39 is 5.60 Å². The first kappa shape index (κ1) is 10.9. The van der Waals surface area contributed by atoms with Crippen molar-refractivity contribution in [3.8, 4) is 0 Å². The first-order chi connectivity index (χ1) is 4.75.